The van der Waals surface area contributed by atoms with E-state index < -0.39 is 5.97 Å². The molecule has 0 spiro atoms. The molecule has 20 heavy (non-hydrogen) atoms. The molecule has 2 heterocycles. The van der Waals surface area contributed by atoms with E-state index in [-0.39, 0.29) is 11.6 Å². The summed E-state index contributed by atoms with van der Waals surface area (Å²) in [5, 5.41) is 11.9. The number of hydrogen-bond acceptors (Lipinski definition) is 4. The molecule has 1 amide bonds. The van der Waals surface area contributed by atoms with Crippen LogP contribution in [0.2, 0.25) is 0 Å². The molecule has 2 N–H and O–H groups in total. The van der Waals surface area contributed by atoms with Crippen LogP contribution in [0.3, 0.4) is 0 Å². The first-order chi connectivity index (χ1) is 9.65. The SMILES string of the molecule is O=C1CCc2cc(-c3nccnc3C(=O)O)ccc2N1. The largest absolute Gasteiger partial charge is 0.476 e. The van der Waals surface area contributed by atoms with E-state index in [0.717, 1.165) is 11.3 Å². The predicted octanol–water partition coefficient (Wildman–Crippen LogP) is 1.73. The fourth-order valence-electron chi connectivity index (χ4n) is 2.24. The average molecular weight is 269 g/mol. The minimum atomic E-state index is -1.11. The van der Waals surface area contributed by atoms with Crippen LogP contribution < -0.4 is 5.32 Å². The van der Waals surface area contributed by atoms with Crippen LogP contribution in [0.4, 0.5) is 5.69 Å². The first kappa shape index (κ1) is 12.3. The van der Waals surface area contributed by atoms with Gasteiger partial charge in [0.25, 0.3) is 0 Å². The number of carbonyl (C=O) groups excluding carboxylic acids is 1. The number of carbonyl (C=O) groups is 2. The maximum absolute atomic E-state index is 11.3. The molecule has 0 aliphatic carbocycles. The second-order valence-corrected chi connectivity index (χ2v) is 4.48. The van der Waals surface area contributed by atoms with Gasteiger partial charge in [0.05, 0.1) is 0 Å². The van der Waals surface area contributed by atoms with Crippen LogP contribution in [0.1, 0.15) is 22.5 Å². The Morgan fingerprint density at radius 3 is 2.80 bits per heavy atom. The number of nitrogens with zero attached hydrogens (tertiary/aromatic N) is 2. The van der Waals surface area contributed by atoms with Crippen LogP contribution in [0.15, 0.2) is 30.6 Å². The van der Waals surface area contributed by atoms with Gasteiger partial charge in [0, 0.05) is 30.1 Å². The Hall–Kier alpha value is -2.76. The number of rotatable bonds is 2. The Morgan fingerprint density at radius 2 is 2.00 bits per heavy atom. The van der Waals surface area contributed by atoms with Crippen molar-refractivity contribution in [2.24, 2.45) is 0 Å². The fraction of sp³-hybridized carbons (Fsp3) is 0.143. The van der Waals surface area contributed by atoms with Crippen LogP contribution >= 0.6 is 0 Å². The summed E-state index contributed by atoms with van der Waals surface area (Å²) in [6.07, 6.45) is 3.88. The maximum Gasteiger partial charge on any atom is 0.356 e. The van der Waals surface area contributed by atoms with Gasteiger partial charge in [0.2, 0.25) is 5.91 Å². The number of aromatic nitrogens is 2. The molecule has 100 valence electrons. The van der Waals surface area contributed by atoms with E-state index in [4.69, 9.17) is 5.11 Å². The molecular formula is C14H11N3O3. The number of aryl methyl sites for hydroxylation is 1. The van der Waals surface area contributed by atoms with E-state index in [9.17, 15) is 9.59 Å². The van der Waals surface area contributed by atoms with E-state index in [0.29, 0.717) is 24.1 Å². The van der Waals surface area contributed by atoms with Gasteiger partial charge in [-0.25, -0.2) is 9.78 Å². The summed E-state index contributed by atoms with van der Waals surface area (Å²) in [7, 11) is 0. The molecule has 2 aromatic rings. The van der Waals surface area contributed by atoms with Crippen LogP contribution in [0.25, 0.3) is 11.3 Å². The zero-order valence-electron chi connectivity index (χ0n) is 10.5. The third-order valence-corrected chi connectivity index (χ3v) is 3.17. The molecular weight excluding hydrogens is 258 g/mol. The standard InChI is InChI=1S/C14H11N3O3/c18-11-4-2-8-7-9(1-3-10(8)17-11)12-13(14(19)20)16-6-5-15-12/h1,3,5-7H,2,4H2,(H,17,18)(H,19,20). The summed E-state index contributed by atoms with van der Waals surface area (Å²) in [4.78, 5) is 30.4. The lowest BCUT2D eigenvalue weighted by Crippen LogP contribution is -2.18. The normalized spacial score (nSPS) is 13.5. The number of benzene rings is 1. The fourth-order valence-corrected chi connectivity index (χ4v) is 2.24. The highest BCUT2D eigenvalue weighted by Gasteiger charge is 2.18. The van der Waals surface area contributed by atoms with Crippen LogP contribution in [0.5, 0.6) is 0 Å². The maximum atomic E-state index is 11.3. The summed E-state index contributed by atoms with van der Waals surface area (Å²) in [6, 6.07) is 5.36. The molecule has 3 rings (SSSR count). The second-order valence-electron chi connectivity index (χ2n) is 4.48. The van der Waals surface area contributed by atoms with Crippen molar-refractivity contribution in [3.05, 3.63) is 41.9 Å². The number of amides is 1. The monoisotopic (exact) mass is 269 g/mol. The van der Waals surface area contributed by atoms with Crippen molar-refractivity contribution >= 4 is 17.6 Å². The van der Waals surface area contributed by atoms with Gasteiger partial charge in [0.1, 0.15) is 5.69 Å². The number of nitrogens with one attached hydrogen (secondary N) is 1. The quantitative estimate of drug-likeness (QED) is 0.866. The molecule has 0 bridgehead atoms. The van der Waals surface area contributed by atoms with Crippen LogP contribution in [-0.2, 0) is 11.2 Å². The third-order valence-electron chi connectivity index (χ3n) is 3.17. The molecule has 0 saturated carbocycles. The van der Waals surface area contributed by atoms with Crippen molar-refractivity contribution in [1.82, 2.24) is 9.97 Å². The lowest BCUT2D eigenvalue weighted by atomic mass is 9.98. The molecule has 0 saturated heterocycles. The Kier molecular flexibility index (Phi) is 2.90. The van der Waals surface area contributed by atoms with E-state index in [1.165, 1.54) is 12.4 Å². The molecule has 1 aliphatic heterocycles. The van der Waals surface area contributed by atoms with Crippen molar-refractivity contribution in [3.63, 3.8) is 0 Å². The highest BCUT2D eigenvalue weighted by atomic mass is 16.4. The average Bonchev–Trinajstić information content (AvgIpc) is 2.46. The van der Waals surface area contributed by atoms with Crippen molar-refractivity contribution in [2.75, 3.05) is 5.32 Å². The Balaban J connectivity index is 2.08. The first-order valence-electron chi connectivity index (χ1n) is 6.12. The Labute approximate surface area is 114 Å². The van der Waals surface area contributed by atoms with Gasteiger partial charge in [-0.05, 0) is 24.1 Å². The topological polar surface area (TPSA) is 92.2 Å². The van der Waals surface area contributed by atoms with Gasteiger partial charge in [-0.2, -0.15) is 0 Å². The van der Waals surface area contributed by atoms with E-state index >= 15 is 0 Å². The summed E-state index contributed by atoms with van der Waals surface area (Å²) in [5.74, 6) is -1.12. The van der Waals surface area contributed by atoms with Crippen molar-refractivity contribution in [3.8, 4) is 11.3 Å². The van der Waals surface area contributed by atoms with Crippen molar-refractivity contribution in [1.29, 1.82) is 0 Å². The molecule has 0 atom stereocenters. The highest BCUT2D eigenvalue weighted by Crippen LogP contribution is 2.28. The number of carboxylic acid groups (broad SMARTS) is 1. The zero-order valence-corrected chi connectivity index (χ0v) is 10.5. The molecule has 6 nitrogen and oxygen atoms in total. The number of fused-ring (bicyclic) bond motifs is 1. The number of carboxylic acids is 1. The van der Waals surface area contributed by atoms with E-state index in [1.807, 2.05) is 6.07 Å². The minimum Gasteiger partial charge on any atom is -0.476 e. The summed E-state index contributed by atoms with van der Waals surface area (Å²) < 4.78 is 0. The molecule has 0 unspecified atom stereocenters. The third kappa shape index (κ3) is 2.11. The number of aromatic carboxylic acids is 1. The highest BCUT2D eigenvalue weighted by molar-refractivity contribution is 5.95. The number of anilines is 1. The molecule has 1 aromatic carbocycles. The van der Waals surface area contributed by atoms with E-state index in [2.05, 4.69) is 15.3 Å². The van der Waals surface area contributed by atoms with Gasteiger partial charge in [-0.1, -0.05) is 6.07 Å². The Morgan fingerprint density at radius 1 is 1.20 bits per heavy atom. The summed E-state index contributed by atoms with van der Waals surface area (Å²) >= 11 is 0. The van der Waals surface area contributed by atoms with Crippen molar-refractivity contribution < 1.29 is 14.7 Å². The lowest BCUT2D eigenvalue weighted by molar-refractivity contribution is -0.116. The van der Waals surface area contributed by atoms with Crippen molar-refractivity contribution in [2.45, 2.75) is 12.8 Å². The van der Waals surface area contributed by atoms with Gasteiger partial charge in [0.15, 0.2) is 5.69 Å². The van der Waals surface area contributed by atoms with Crippen LogP contribution in [-0.4, -0.2) is 27.0 Å². The van der Waals surface area contributed by atoms with E-state index in [1.54, 1.807) is 12.1 Å². The smallest absolute Gasteiger partial charge is 0.356 e. The van der Waals surface area contributed by atoms with Gasteiger partial charge in [-0.3, -0.25) is 9.78 Å². The predicted molar refractivity (Wildman–Crippen MR) is 71.4 cm³/mol. The summed E-state index contributed by atoms with van der Waals surface area (Å²) in [5.41, 5.74) is 2.69. The first-order valence-corrected chi connectivity index (χ1v) is 6.12. The molecule has 6 heteroatoms. The van der Waals surface area contributed by atoms with Gasteiger partial charge < -0.3 is 10.4 Å². The van der Waals surface area contributed by atoms with Crippen LogP contribution in [0, 0.1) is 0 Å². The lowest BCUT2D eigenvalue weighted by Gasteiger charge is -2.17. The molecule has 0 radical (unpaired) electrons. The molecule has 1 aromatic heterocycles. The minimum absolute atomic E-state index is 0.00372. The second kappa shape index (κ2) is 4.73. The van der Waals surface area contributed by atoms with Gasteiger partial charge in [-0.15, -0.1) is 0 Å². The number of hydrogen-bond donors (Lipinski definition) is 2. The zero-order chi connectivity index (χ0) is 14.1. The van der Waals surface area contributed by atoms with Gasteiger partial charge >= 0.3 is 5.97 Å². The molecule has 0 fully saturated rings. The summed E-state index contributed by atoms with van der Waals surface area (Å²) in [6.45, 7) is 0. The Bertz CT molecular complexity index is 713. The molecule has 1 aliphatic rings.